The van der Waals surface area contributed by atoms with Gasteiger partial charge in [-0.1, -0.05) is 31.2 Å². The molecule has 1 unspecified atom stereocenters. The number of carbonyl (C=O) groups is 2. The predicted molar refractivity (Wildman–Crippen MR) is 111 cm³/mol. The number of nitrogens with one attached hydrogen (secondary N) is 1. The van der Waals surface area contributed by atoms with E-state index in [2.05, 4.69) is 12.2 Å². The molecule has 1 fully saturated rings. The van der Waals surface area contributed by atoms with Crippen LogP contribution in [0.15, 0.2) is 48.5 Å². The quantitative estimate of drug-likeness (QED) is 0.658. The zero-order chi connectivity index (χ0) is 20.9. The summed E-state index contributed by atoms with van der Waals surface area (Å²) < 4.78 is 10.9. The molecule has 0 aliphatic carbocycles. The van der Waals surface area contributed by atoms with Crippen molar-refractivity contribution >= 4 is 11.9 Å². The lowest BCUT2D eigenvalue weighted by Crippen LogP contribution is -2.44. The molecule has 0 spiro atoms. The summed E-state index contributed by atoms with van der Waals surface area (Å²) in [5, 5.41) is 2.85. The van der Waals surface area contributed by atoms with E-state index in [1.165, 1.54) is 10.5 Å². The molecule has 1 aliphatic heterocycles. The predicted octanol–water partition coefficient (Wildman–Crippen LogP) is 3.58. The Balaban J connectivity index is 1.54. The topological polar surface area (TPSA) is 67.9 Å². The molecule has 154 valence electrons. The Morgan fingerprint density at radius 3 is 2.48 bits per heavy atom. The Hall–Kier alpha value is -3.02. The summed E-state index contributed by atoms with van der Waals surface area (Å²) in [6, 6.07) is 15.2. The Labute approximate surface area is 171 Å². The summed E-state index contributed by atoms with van der Waals surface area (Å²) >= 11 is 0. The summed E-state index contributed by atoms with van der Waals surface area (Å²) in [5.74, 6) is 1.33. The molecule has 0 saturated carbocycles. The van der Waals surface area contributed by atoms with Crippen molar-refractivity contribution in [2.24, 2.45) is 0 Å². The van der Waals surface area contributed by atoms with Gasteiger partial charge in [0.05, 0.1) is 13.7 Å². The number of ether oxygens (including phenoxy) is 2. The molecule has 1 aliphatic rings. The number of hydrogen-bond acceptors (Lipinski definition) is 4. The minimum atomic E-state index is -0.904. The van der Waals surface area contributed by atoms with Crippen LogP contribution < -0.4 is 14.8 Å². The molecule has 3 amide bonds. The molecule has 1 heterocycles. The van der Waals surface area contributed by atoms with Gasteiger partial charge in [0.1, 0.15) is 23.6 Å². The standard InChI is InChI=1S/C23H28N2O4/c1-4-17-6-5-7-20(16-17)29-15-14-25-21(26)23(2,24-22(25)27)13-12-18-8-10-19(28-3)11-9-18/h5-11,16H,4,12-15H2,1-3H3,(H,24,27). The molecule has 1 saturated heterocycles. The van der Waals surface area contributed by atoms with Crippen LogP contribution >= 0.6 is 0 Å². The number of nitrogens with zero attached hydrogens (tertiary/aromatic N) is 1. The number of methoxy groups -OCH3 is 1. The van der Waals surface area contributed by atoms with Crippen molar-refractivity contribution in [3.63, 3.8) is 0 Å². The highest BCUT2D eigenvalue weighted by Gasteiger charge is 2.47. The highest BCUT2D eigenvalue weighted by atomic mass is 16.5. The molecule has 6 nitrogen and oxygen atoms in total. The fraction of sp³-hybridized carbons (Fsp3) is 0.391. The second-order valence-electron chi connectivity index (χ2n) is 7.42. The van der Waals surface area contributed by atoms with E-state index in [-0.39, 0.29) is 25.1 Å². The third kappa shape index (κ3) is 4.88. The van der Waals surface area contributed by atoms with Gasteiger partial charge in [-0.15, -0.1) is 0 Å². The molecule has 0 aromatic heterocycles. The van der Waals surface area contributed by atoms with Crippen molar-refractivity contribution in [3.8, 4) is 11.5 Å². The van der Waals surface area contributed by atoms with Crippen molar-refractivity contribution in [1.82, 2.24) is 10.2 Å². The summed E-state index contributed by atoms with van der Waals surface area (Å²) in [5.41, 5.74) is 1.37. The molecule has 1 N–H and O–H groups in total. The number of imide groups is 1. The minimum absolute atomic E-state index is 0.207. The zero-order valence-corrected chi connectivity index (χ0v) is 17.2. The first-order valence-electron chi connectivity index (χ1n) is 9.94. The summed E-state index contributed by atoms with van der Waals surface area (Å²) in [7, 11) is 1.63. The average molecular weight is 396 g/mol. The number of aryl methyl sites for hydroxylation is 2. The third-order valence-electron chi connectivity index (χ3n) is 5.31. The van der Waals surface area contributed by atoms with Crippen LogP contribution in [-0.4, -0.2) is 42.6 Å². The van der Waals surface area contributed by atoms with Crippen LogP contribution in [0.4, 0.5) is 4.79 Å². The monoisotopic (exact) mass is 396 g/mol. The first kappa shape index (κ1) is 20.7. The minimum Gasteiger partial charge on any atom is -0.497 e. The second-order valence-corrected chi connectivity index (χ2v) is 7.42. The fourth-order valence-corrected chi connectivity index (χ4v) is 3.42. The van der Waals surface area contributed by atoms with Crippen molar-refractivity contribution in [1.29, 1.82) is 0 Å². The molecule has 0 bridgehead atoms. The molecule has 29 heavy (non-hydrogen) atoms. The maximum Gasteiger partial charge on any atom is 0.325 e. The number of amides is 3. The van der Waals surface area contributed by atoms with Crippen molar-refractivity contribution in [3.05, 3.63) is 59.7 Å². The lowest BCUT2D eigenvalue weighted by molar-refractivity contribution is -0.131. The molecular formula is C23H28N2O4. The van der Waals surface area contributed by atoms with Crippen LogP contribution in [0.3, 0.4) is 0 Å². The van der Waals surface area contributed by atoms with E-state index in [1.807, 2.05) is 48.5 Å². The van der Waals surface area contributed by atoms with E-state index in [0.717, 1.165) is 23.5 Å². The number of carbonyl (C=O) groups excluding carboxylic acids is 2. The van der Waals surface area contributed by atoms with Crippen molar-refractivity contribution < 1.29 is 19.1 Å². The molecule has 1 atom stereocenters. The largest absolute Gasteiger partial charge is 0.497 e. The van der Waals surface area contributed by atoms with E-state index >= 15 is 0 Å². The van der Waals surface area contributed by atoms with Crippen LogP contribution in [0.25, 0.3) is 0 Å². The molecule has 6 heteroatoms. The van der Waals surface area contributed by atoms with Crippen LogP contribution in [0.2, 0.25) is 0 Å². The highest BCUT2D eigenvalue weighted by molar-refractivity contribution is 6.06. The van der Waals surface area contributed by atoms with Gasteiger partial charge in [-0.2, -0.15) is 0 Å². The lowest BCUT2D eigenvalue weighted by Gasteiger charge is -2.21. The zero-order valence-electron chi connectivity index (χ0n) is 17.2. The van der Waals surface area contributed by atoms with E-state index in [9.17, 15) is 9.59 Å². The Kier molecular flexibility index (Phi) is 6.42. The number of hydrogen-bond donors (Lipinski definition) is 1. The van der Waals surface area contributed by atoms with Crippen LogP contribution in [0.5, 0.6) is 11.5 Å². The molecular weight excluding hydrogens is 368 g/mol. The Bertz CT molecular complexity index is 865. The third-order valence-corrected chi connectivity index (χ3v) is 5.31. The first-order chi connectivity index (χ1) is 13.9. The summed E-state index contributed by atoms with van der Waals surface area (Å²) in [6.07, 6.45) is 2.14. The summed E-state index contributed by atoms with van der Waals surface area (Å²) in [4.78, 5) is 26.5. The number of urea groups is 1. The normalized spacial score (nSPS) is 18.7. The van der Waals surface area contributed by atoms with Gasteiger partial charge in [0, 0.05) is 0 Å². The fourth-order valence-electron chi connectivity index (χ4n) is 3.42. The second kappa shape index (κ2) is 8.99. The maximum atomic E-state index is 12.9. The highest BCUT2D eigenvalue weighted by Crippen LogP contribution is 2.24. The first-order valence-corrected chi connectivity index (χ1v) is 9.94. The van der Waals surface area contributed by atoms with Crippen molar-refractivity contribution in [2.75, 3.05) is 20.3 Å². The molecule has 0 radical (unpaired) electrons. The van der Waals surface area contributed by atoms with Gasteiger partial charge in [0.2, 0.25) is 0 Å². The van der Waals surface area contributed by atoms with Crippen molar-refractivity contribution in [2.45, 2.75) is 38.6 Å². The van der Waals surface area contributed by atoms with Gasteiger partial charge in [-0.25, -0.2) is 4.79 Å². The van der Waals surface area contributed by atoms with E-state index < -0.39 is 5.54 Å². The maximum absolute atomic E-state index is 12.9. The van der Waals surface area contributed by atoms with Gasteiger partial charge in [-0.05, 0) is 61.6 Å². The van der Waals surface area contributed by atoms with Gasteiger partial charge in [0.15, 0.2) is 0 Å². The molecule has 3 rings (SSSR count). The van der Waals surface area contributed by atoms with Crippen LogP contribution in [0, 0.1) is 0 Å². The molecule has 2 aromatic rings. The SMILES string of the molecule is CCc1cccc(OCCN2C(=O)NC(C)(CCc3ccc(OC)cc3)C2=O)c1. The van der Waals surface area contributed by atoms with Gasteiger partial charge < -0.3 is 14.8 Å². The Morgan fingerprint density at radius 1 is 1.03 bits per heavy atom. The smallest absolute Gasteiger partial charge is 0.325 e. The molecule has 2 aromatic carbocycles. The van der Waals surface area contributed by atoms with Crippen LogP contribution in [0.1, 0.15) is 31.4 Å². The Morgan fingerprint density at radius 2 is 1.79 bits per heavy atom. The van der Waals surface area contributed by atoms with E-state index in [4.69, 9.17) is 9.47 Å². The van der Waals surface area contributed by atoms with E-state index in [1.54, 1.807) is 14.0 Å². The average Bonchev–Trinajstić information content (AvgIpc) is 2.96. The summed E-state index contributed by atoms with van der Waals surface area (Å²) in [6.45, 7) is 4.35. The van der Waals surface area contributed by atoms with Crippen LogP contribution in [-0.2, 0) is 17.6 Å². The van der Waals surface area contributed by atoms with Gasteiger partial charge in [0.25, 0.3) is 5.91 Å². The number of rotatable bonds is 9. The van der Waals surface area contributed by atoms with Gasteiger partial charge >= 0.3 is 6.03 Å². The lowest BCUT2D eigenvalue weighted by atomic mass is 9.93. The van der Waals surface area contributed by atoms with E-state index in [0.29, 0.717) is 12.8 Å². The van der Waals surface area contributed by atoms with Gasteiger partial charge in [-0.3, -0.25) is 9.69 Å². The number of benzene rings is 2.